The molecule has 1 aliphatic rings. The van der Waals surface area contributed by atoms with E-state index in [1.54, 1.807) is 6.07 Å². The summed E-state index contributed by atoms with van der Waals surface area (Å²) in [4.78, 5) is 25.2. The van der Waals surface area contributed by atoms with Crippen molar-refractivity contribution in [2.24, 2.45) is 11.3 Å². The van der Waals surface area contributed by atoms with E-state index in [4.69, 9.17) is 0 Å². The van der Waals surface area contributed by atoms with Crippen LogP contribution in [-0.2, 0) is 0 Å². The average Bonchev–Trinajstić information content (AvgIpc) is 3.08. The number of amides is 1. The van der Waals surface area contributed by atoms with Crippen LogP contribution < -0.4 is 10.9 Å². The molecule has 0 aromatic carbocycles. The lowest BCUT2D eigenvalue weighted by molar-refractivity contribution is 0.0939. The molecular formula is C13H18N2O2. The first-order chi connectivity index (χ1) is 8.03. The van der Waals surface area contributed by atoms with E-state index in [1.807, 2.05) is 0 Å². The molecule has 0 atom stereocenters. The Balaban J connectivity index is 1.94. The SMILES string of the molecule is CC(C)C1(CNC(=O)c2ccc(=O)[nH]c2)CC1. The second-order valence-corrected chi connectivity index (χ2v) is 5.14. The fourth-order valence-corrected chi connectivity index (χ4v) is 2.03. The maximum atomic E-state index is 11.8. The van der Waals surface area contributed by atoms with E-state index in [9.17, 15) is 9.59 Å². The van der Waals surface area contributed by atoms with Crippen LogP contribution in [0.25, 0.3) is 0 Å². The van der Waals surface area contributed by atoms with E-state index < -0.39 is 0 Å². The van der Waals surface area contributed by atoms with Crippen LogP contribution in [-0.4, -0.2) is 17.4 Å². The number of carbonyl (C=O) groups is 1. The molecule has 4 nitrogen and oxygen atoms in total. The van der Waals surface area contributed by atoms with E-state index in [0.29, 0.717) is 16.9 Å². The minimum Gasteiger partial charge on any atom is -0.351 e. The minimum atomic E-state index is -0.192. The molecule has 4 heteroatoms. The van der Waals surface area contributed by atoms with Gasteiger partial charge in [-0.2, -0.15) is 0 Å². The highest BCUT2D eigenvalue weighted by molar-refractivity contribution is 5.93. The molecule has 1 saturated carbocycles. The summed E-state index contributed by atoms with van der Waals surface area (Å²) < 4.78 is 0. The number of carbonyl (C=O) groups excluding carboxylic acids is 1. The first-order valence-electron chi connectivity index (χ1n) is 6.00. The first-order valence-corrected chi connectivity index (χ1v) is 6.00. The molecule has 1 aromatic rings. The predicted molar refractivity (Wildman–Crippen MR) is 65.9 cm³/mol. The third-order valence-corrected chi connectivity index (χ3v) is 3.76. The molecule has 2 N–H and O–H groups in total. The van der Waals surface area contributed by atoms with Crippen LogP contribution in [0.5, 0.6) is 0 Å². The maximum absolute atomic E-state index is 11.8. The number of aromatic amines is 1. The fourth-order valence-electron chi connectivity index (χ4n) is 2.03. The van der Waals surface area contributed by atoms with E-state index in [1.165, 1.54) is 25.1 Å². The maximum Gasteiger partial charge on any atom is 0.252 e. The Morgan fingerprint density at radius 3 is 2.65 bits per heavy atom. The zero-order valence-corrected chi connectivity index (χ0v) is 10.2. The Morgan fingerprint density at radius 1 is 1.47 bits per heavy atom. The van der Waals surface area contributed by atoms with Crippen LogP contribution in [0.2, 0.25) is 0 Å². The number of nitrogens with one attached hydrogen (secondary N) is 2. The van der Waals surface area contributed by atoms with Crippen LogP contribution in [0, 0.1) is 11.3 Å². The van der Waals surface area contributed by atoms with Crippen molar-refractivity contribution >= 4 is 5.91 Å². The van der Waals surface area contributed by atoms with Gasteiger partial charge in [0, 0.05) is 18.8 Å². The summed E-state index contributed by atoms with van der Waals surface area (Å²) in [6.07, 6.45) is 3.83. The molecule has 0 spiro atoms. The van der Waals surface area contributed by atoms with Gasteiger partial charge in [0.2, 0.25) is 5.56 Å². The highest BCUT2D eigenvalue weighted by Gasteiger charge is 2.45. The van der Waals surface area contributed by atoms with Crippen molar-refractivity contribution in [2.45, 2.75) is 26.7 Å². The van der Waals surface area contributed by atoms with Gasteiger partial charge in [-0.1, -0.05) is 13.8 Å². The number of pyridine rings is 1. The summed E-state index contributed by atoms with van der Waals surface area (Å²) in [5.41, 5.74) is 0.615. The zero-order valence-electron chi connectivity index (χ0n) is 10.2. The van der Waals surface area contributed by atoms with Gasteiger partial charge in [-0.25, -0.2) is 0 Å². The molecule has 0 bridgehead atoms. The van der Waals surface area contributed by atoms with Crippen LogP contribution in [0.3, 0.4) is 0 Å². The van der Waals surface area contributed by atoms with Gasteiger partial charge in [0.05, 0.1) is 5.56 Å². The number of rotatable bonds is 4. The molecule has 1 aliphatic carbocycles. The summed E-state index contributed by atoms with van der Waals surface area (Å²) in [5, 5.41) is 2.94. The van der Waals surface area contributed by atoms with Gasteiger partial charge in [-0.05, 0) is 30.2 Å². The predicted octanol–water partition coefficient (Wildman–Crippen LogP) is 1.54. The summed E-state index contributed by atoms with van der Waals surface area (Å²) in [6.45, 7) is 5.11. The standard InChI is InChI=1S/C13H18N2O2/c1-9(2)13(5-6-13)8-15-12(17)10-3-4-11(16)14-7-10/h3-4,7,9H,5-6,8H2,1-2H3,(H,14,16)(H,15,17). The van der Waals surface area contributed by atoms with E-state index >= 15 is 0 Å². The normalized spacial score (nSPS) is 16.9. The molecule has 0 aliphatic heterocycles. The molecule has 1 aromatic heterocycles. The molecule has 1 amide bonds. The number of H-pyrrole nitrogens is 1. The van der Waals surface area contributed by atoms with Crippen LogP contribution in [0.1, 0.15) is 37.0 Å². The smallest absolute Gasteiger partial charge is 0.252 e. The summed E-state index contributed by atoms with van der Waals surface area (Å²) in [7, 11) is 0. The number of hydrogen-bond donors (Lipinski definition) is 2. The fraction of sp³-hybridized carbons (Fsp3) is 0.538. The first kappa shape index (κ1) is 11.9. The molecule has 0 saturated heterocycles. The van der Waals surface area contributed by atoms with Gasteiger partial charge in [0.1, 0.15) is 0 Å². The number of hydrogen-bond acceptors (Lipinski definition) is 2. The van der Waals surface area contributed by atoms with Crippen molar-refractivity contribution in [1.82, 2.24) is 10.3 Å². The Morgan fingerprint density at radius 2 is 2.18 bits per heavy atom. The van der Waals surface area contributed by atoms with Gasteiger partial charge in [0.15, 0.2) is 0 Å². The topological polar surface area (TPSA) is 62.0 Å². The molecule has 1 heterocycles. The highest BCUT2D eigenvalue weighted by Crippen LogP contribution is 2.51. The average molecular weight is 234 g/mol. The molecule has 0 unspecified atom stereocenters. The second-order valence-electron chi connectivity index (χ2n) is 5.14. The van der Waals surface area contributed by atoms with Crippen LogP contribution >= 0.6 is 0 Å². The molecule has 0 radical (unpaired) electrons. The molecule has 2 rings (SSSR count). The summed E-state index contributed by atoms with van der Waals surface area (Å²) >= 11 is 0. The second kappa shape index (κ2) is 4.35. The van der Waals surface area contributed by atoms with Crippen molar-refractivity contribution in [3.8, 4) is 0 Å². The Bertz CT molecular complexity index is 452. The monoisotopic (exact) mass is 234 g/mol. The molecule has 1 fully saturated rings. The molecule has 17 heavy (non-hydrogen) atoms. The lowest BCUT2D eigenvalue weighted by atomic mass is 9.92. The third-order valence-electron chi connectivity index (χ3n) is 3.76. The zero-order chi connectivity index (χ0) is 12.5. The Hall–Kier alpha value is -1.58. The van der Waals surface area contributed by atoms with Gasteiger partial charge in [-0.3, -0.25) is 9.59 Å². The van der Waals surface area contributed by atoms with Gasteiger partial charge >= 0.3 is 0 Å². The van der Waals surface area contributed by atoms with Crippen LogP contribution in [0.15, 0.2) is 23.1 Å². The Kier molecular flexibility index (Phi) is 3.05. The lowest BCUT2D eigenvalue weighted by Gasteiger charge is -2.19. The van der Waals surface area contributed by atoms with Gasteiger partial charge < -0.3 is 10.3 Å². The Labute approximate surface area is 100 Å². The van der Waals surface area contributed by atoms with E-state index in [0.717, 1.165) is 6.54 Å². The van der Waals surface area contributed by atoms with Crippen molar-refractivity contribution in [1.29, 1.82) is 0 Å². The minimum absolute atomic E-state index is 0.117. The molecule has 92 valence electrons. The largest absolute Gasteiger partial charge is 0.351 e. The van der Waals surface area contributed by atoms with Crippen molar-refractivity contribution < 1.29 is 4.79 Å². The highest BCUT2D eigenvalue weighted by atomic mass is 16.1. The summed E-state index contributed by atoms with van der Waals surface area (Å²) in [6, 6.07) is 2.91. The number of aromatic nitrogens is 1. The van der Waals surface area contributed by atoms with Crippen molar-refractivity contribution in [2.75, 3.05) is 6.54 Å². The molecular weight excluding hydrogens is 216 g/mol. The van der Waals surface area contributed by atoms with Crippen molar-refractivity contribution in [3.05, 3.63) is 34.2 Å². The summed E-state index contributed by atoms with van der Waals surface area (Å²) in [5.74, 6) is 0.478. The van der Waals surface area contributed by atoms with E-state index in [2.05, 4.69) is 24.1 Å². The van der Waals surface area contributed by atoms with E-state index in [-0.39, 0.29) is 11.5 Å². The van der Waals surface area contributed by atoms with Crippen LogP contribution in [0.4, 0.5) is 0 Å². The quantitative estimate of drug-likeness (QED) is 0.830. The van der Waals surface area contributed by atoms with Gasteiger partial charge in [0.25, 0.3) is 5.91 Å². The van der Waals surface area contributed by atoms with Gasteiger partial charge in [-0.15, -0.1) is 0 Å². The third kappa shape index (κ3) is 2.57. The lowest BCUT2D eigenvalue weighted by Crippen LogP contribution is -2.32. The van der Waals surface area contributed by atoms with Crippen molar-refractivity contribution in [3.63, 3.8) is 0 Å².